The van der Waals surface area contributed by atoms with Gasteiger partial charge in [-0.15, -0.1) is 24.0 Å². The highest BCUT2D eigenvalue weighted by atomic mass is 127. The van der Waals surface area contributed by atoms with Crippen LogP contribution < -0.4 is 10.6 Å². The third kappa shape index (κ3) is 8.65. The van der Waals surface area contributed by atoms with E-state index in [4.69, 9.17) is 4.74 Å². The average molecular weight is 426 g/mol. The van der Waals surface area contributed by atoms with E-state index in [1.807, 2.05) is 20.8 Å². The molecule has 0 bridgehead atoms. The molecule has 1 amide bonds. The fraction of sp³-hybridized carbons (Fsp3) is 0.867. The highest BCUT2D eigenvalue weighted by molar-refractivity contribution is 14.0. The summed E-state index contributed by atoms with van der Waals surface area (Å²) < 4.78 is 5.18. The molecule has 0 aliphatic carbocycles. The molecule has 1 fully saturated rings. The van der Waals surface area contributed by atoms with E-state index in [9.17, 15) is 4.79 Å². The van der Waals surface area contributed by atoms with Gasteiger partial charge < -0.3 is 20.3 Å². The molecule has 7 heteroatoms. The Labute approximate surface area is 151 Å². The van der Waals surface area contributed by atoms with Gasteiger partial charge >= 0.3 is 6.09 Å². The number of rotatable bonds is 3. The number of nitrogens with zero attached hydrogens (tertiary/aromatic N) is 2. The first-order valence-electron chi connectivity index (χ1n) is 7.74. The van der Waals surface area contributed by atoms with Gasteiger partial charge in [-0.2, -0.15) is 0 Å². The quantitative estimate of drug-likeness (QED) is 0.315. The van der Waals surface area contributed by atoms with E-state index in [1.54, 1.807) is 7.05 Å². The summed E-state index contributed by atoms with van der Waals surface area (Å²) in [5.74, 6) is 1.62. The summed E-state index contributed by atoms with van der Waals surface area (Å²) in [4.78, 5) is 18.1. The molecule has 1 aliphatic rings. The molecule has 1 aliphatic heterocycles. The van der Waals surface area contributed by atoms with Crippen molar-refractivity contribution >= 4 is 36.0 Å². The second-order valence-electron chi connectivity index (χ2n) is 6.60. The number of halogens is 1. The SMILES string of the molecule is CN=C(NCCNC(=O)OC(C)(C)C)N1CCCC(C)C1.I. The number of alkyl carbamates (subject to hydrolysis) is 1. The third-order valence-corrected chi connectivity index (χ3v) is 3.24. The van der Waals surface area contributed by atoms with Crippen LogP contribution in [0.1, 0.15) is 40.5 Å². The van der Waals surface area contributed by atoms with Gasteiger partial charge in [-0.3, -0.25) is 4.99 Å². The van der Waals surface area contributed by atoms with E-state index >= 15 is 0 Å². The molecule has 0 spiro atoms. The van der Waals surface area contributed by atoms with Gasteiger partial charge in [0, 0.05) is 33.2 Å². The van der Waals surface area contributed by atoms with E-state index < -0.39 is 5.60 Å². The van der Waals surface area contributed by atoms with Gasteiger partial charge in [0.2, 0.25) is 0 Å². The van der Waals surface area contributed by atoms with Crippen LogP contribution in [0.5, 0.6) is 0 Å². The zero-order valence-electron chi connectivity index (χ0n) is 14.4. The van der Waals surface area contributed by atoms with Gasteiger partial charge in [0.25, 0.3) is 0 Å². The summed E-state index contributed by atoms with van der Waals surface area (Å²) in [6.45, 7) is 11.1. The maximum absolute atomic E-state index is 11.5. The van der Waals surface area contributed by atoms with Crippen LogP contribution in [-0.2, 0) is 4.74 Å². The first-order valence-corrected chi connectivity index (χ1v) is 7.74. The van der Waals surface area contributed by atoms with Crippen molar-refractivity contribution in [3.8, 4) is 0 Å². The standard InChI is InChI=1S/C15H30N4O2.HI/c1-12-7-6-10-19(11-12)13(16-5)17-8-9-18-14(20)21-15(2,3)4;/h12H,6-11H2,1-5H3,(H,16,17)(H,18,20);1H. The molecule has 6 nitrogen and oxygen atoms in total. The lowest BCUT2D eigenvalue weighted by Gasteiger charge is -2.33. The summed E-state index contributed by atoms with van der Waals surface area (Å²) in [6, 6.07) is 0. The lowest BCUT2D eigenvalue weighted by Crippen LogP contribution is -2.48. The molecule has 1 saturated heterocycles. The Morgan fingerprint density at radius 1 is 1.32 bits per heavy atom. The Kier molecular flexibility index (Phi) is 9.79. The number of carbonyl (C=O) groups is 1. The molecular weight excluding hydrogens is 395 g/mol. The number of nitrogens with one attached hydrogen (secondary N) is 2. The second-order valence-corrected chi connectivity index (χ2v) is 6.60. The predicted molar refractivity (Wildman–Crippen MR) is 101 cm³/mol. The highest BCUT2D eigenvalue weighted by Crippen LogP contribution is 2.15. The Morgan fingerprint density at radius 3 is 2.50 bits per heavy atom. The molecule has 0 aromatic rings. The first kappa shape index (κ1) is 21.3. The molecule has 1 rings (SSSR count). The Bertz CT molecular complexity index is 369. The van der Waals surface area contributed by atoms with E-state index in [-0.39, 0.29) is 30.1 Å². The zero-order chi connectivity index (χ0) is 15.9. The number of likely N-dealkylation sites (tertiary alicyclic amines) is 1. The van der Waals surface area contributed by atoms with Crippen molar-refractivity contribution in [2.24, 2.45) is 10.9 Å². The van der Waals surface area contributed by atoms with E-state index in [0.29, 0.717) is 19.0 Å². The van der Waals surface area contributed by atoms with Crippen LogP contribution in [-0.4, -0.2) is 55.8 Å². The Hall–Kier alpha value is -0.730. The van der Waals surface area contributed by atoms with Gasteiger partial charge in [0.1, 0.15) is 5.60 Å². The number of carbonyl (C=O) groups excluding carboxylic acids is 1. The third-order valence-electron chi connectivity index (χ3n) is 3.24. The first-order chi connectivity index (χ1) is 9.81. The predicted octanol–water partition coefficient (Wildman–Crippen LogP) is 2.44. The van der Waals surface area contributed by atoms with Gasteiger partial charge in [-0.25, -0.2) is 4.79 Å². The molecule has 130 valence electrons. The van der Waals surface area contributed by atoms with Crippen molar-refractivity contribution in [3.05, 3.63) is 0 Å². The van der Waals surface area contributed by atoms with Crippen LogP contribution in [0.2, 0.25) is 0 Å². The number of piperidine rings is 1. The summed E-state index contributed by atoms with van der Waals surface area (Å²) >= 11 is 0. The van der Waals surface area contributed by atoms with Crippen molar-refractivity contribution in [2.45, 2.75) is 46.1 Å². The van der Waals surface area contributed by atoms with Crippen LogP contribution in [0, 0.1) is 5.92 Å². The Balaban J connectivity index is 0.00000441. The van der Waals surface area contributed by atoms with Crippen molar-refractivity contribution in [2.75, 3.05) is 33.2 Å². The summed E-state index contributed by atoms with van der Waals surface area (Å²) in [5, 5.41) is 6.02. The number of hydrogen-bond donors (Lipinski definition) is 2. The smallest absolute Gasteiger partial charge is 0.407 e. The molecule has 0 aromatic heterocycles. The lowest BCUT2D eigenvalue weighted by atomic mass is 10.0. The van der Waals surface area contributed by atoms with Crippen molar-refractivity contribution in [1.29, 1.82) is 0 Å². The van der Waals surface area contributed by atoms with Gasteiger partial charge in [0.15, 0.2) is 5.96 Å². The van der Waals surface area contributed by atoms with Gasteiger partial charge in [0.05, 0.1) is 0 Å². The van der Waals surface area contributed by atoms with Gasteiger partial charge in [-0.1, -0.05) is 6.92 Å². The minimum Gasteiger partial charge on any atom is -0.444 e. The van der Waals surface area contributed by atoms with Crippen molar-refractivity contribution in [3.63, 3.8) is 0 Å². The fourth-order valence-corrected chi connectivity index (χ4v) is 2.37. The van der Waals surface area contributed by atoms with Crippen LogP contribution in [0.25, 0.3) is 0 Å². The minimum atomic E-state index is -0.461. The number of aliphatic imine (C=N–C) groups is 1. The van der Waals surface area contributed by atoms with E-state index in [0.717, 1.165) is 19.0 Å². The van der Waals surface area contributed by atoms with Crippen LogP contribution in [0.3, 0.4) is 0 Å². The molecule has 1 heterocycles. The molecule has 1 unspecified atom stereocenters. The van der Waals surface area contributed by atoms with Gasteiger partial charge in [-0.05, 0) is 39.5 Å². The zero-order valence-corrected chi connectivity index (χ0v) is 16.8. The minimum absolute atomic E-state index is 0. The van der Waals surface area contributed by atoms with Crippen LogP contribution in [0.4, 0.5) is 4.79 Å². The highest BCUT2D eigenvalue weighted by Gasteiger charge is 2.19. The van der Waals surface area contributed by atoms with Crippen molar-refractivity contribution in [1.82, 2.24) is 15.5 Å². The molecule has 22 heavy (non-hydrogen) atoms. The summed E-state index contributed by atoms with van der Waals surface area (Å²) in [7, 11) is 1.79. The monoisotopic (exact) mass is 426 g/mol. The molecule has 2 N–H and O–H groups in total. The maximum Gasteiger partial charge on any atom is 0.407 e. The number of hydrogen-bond acceptors (Lipinski definition) is 3. The molecule has 0 aromatic carbocycles. The normalized spacial score (nSPS) is 19.2. The van der Waals surface area contributed by atoms with Crippen LogP contribution in [0.15, 0.2) is 4.99 Å². The molecule has 0 radical (unpaired) electrons. The Morgan fingerprint density at radius 2 is 1.95 bits per heavy atom. The number of amides is 1. The van der Waals surface area contributed by atoms with E-state index in [2.05, 4.69) is 27.4 Å². The summed E-state index contributed by atoms with van der Waals surface area (Å²) in [5.41, 5.74) is -0.461. The largest absolute Gasteiger partial charge is 0.444 e. The van der Waals surface area contributed by atoms with Crippen molar-refractivity contribution < 1.29 is 9.53 Å². The second kappa shape index (κ2) is 10.1. The van der Waals surface area contributed by atoms with E-state index in [1.165, 1.54) is 12.8 Å². The number of ether oxygens (including phenoxy) is 1. The van der Waals surface area contributed by atoms with Crippen LogP contribution >= 0.6 is 24.0 Å². The topological polar surface area (TPSA) is 66.0 Å². The molecular formula is C15H31IN4O2. The summed E-state index contributed by atoms with van der Waals surface area (Å²) in [6.07, 6.45) is 2.11. The molecule has 0 saturated carbocycles. The number of guanidine groups is 1. The fourth-order valence-electron chi connectivity index (χ4n) is 2.37. The maximum atomic E-state index is 11.5. The lowest BCUT2D eigenvalue weighted by molar-refractivity contribution is 0.0529. The average Bonchev–Trinajstić information content (AvgIpc) is 2.36. The molecule has 1 atom stereocenters.